The quantitative estimate of drug-likeness (QED) is 0.278. The molecule has 0 aliphatic heterocycles. The van der Waals surface area contributed by atoms with Gasteiger partial charge in [0.15, 0.2) is 5.96 Å². The number of aryl methyl sites for hydroxylation is 1. The van der Waals surface area contributed by atoms with Gasteiger partial charge >= 0.3 is 0 Å². The monoisotopic (exact) mass is 513 g/mol. The molecule has 0 fully saturated rings. The number of nitrogens with zero attached hydrogens (tertiary/aromatic N) is 3. The van der Waals surface area contributed by atoms with Crippen LogP contribution >= 0.6 is 46.7 Å². The van der Waals surface area contributed by atoms with Crippen LogP contribution in [0.15, 0.2) is 46.1 Å². The first kappa shape index (κ1) is 21.8. The normalized spacial score (nSPS) is 11.1. The van der Waals surface area contributed by atoms with Gasteiger partial charge in [0.1, 0.15) is 5.01 Å². The molecule has 0 radical (unpaired) electrons. The summed E-state index contributed by atoms with van der Waals surface area (Å²) in [6, 6.07) is 10.2. The molecule has 144 valence electrons. The van der Waals surface area contributed by atoms with Crippen LogP contribution < -0.4 is 10.6 Å². The Hall–Kier alpha value is -1.52. The Labute approximate surface area is 185 Å². The standard InChI is InChI=1S/C19H23N5S2.HI/c1-3-20-19(21-10-9-16-12-25-14(2)23-16)22-11-18-24-17(13-26-18)15-7-5-4-6-8-15;/h4-8,12-13H,3,9-11H2,1-2H3,(H2,20,21,22);1H. The van der Waals surface area contributed by atoms with Crippen LogP contribution in [0.2, 0.25) is 0 Å². The van der Waals surface area contributed by atoms with Crippen LogP contribution in [0.5, 0.6) is 0 Å². The summed E-state index contributed by atoms with van der Waals surface area (Å²) in [6.07, 6.45) is 0.893. The number of guanidine groups is 1. The van der Waals surface area contributed by atoms with Crippen molar-refractivity contribution in [2.24, 2.45) is 4.99 Å². The molecule has 0 aliphatic carbocycles. The molecular weight excluding hydrogens is 489 g/mol. The number of aliphatic imine (C=N–C) groups is 1. The van der Waals surface area contributed by atoms with Crippen LogP contribution in [-0.2, 0) is 13.0 Å². The van der Waals surface area contributed by atoms with E-state index in [1.54, 1.807) is 22.7 Å². The molecule has 5 nitrogen and oxygen atoms in total. The van der Waals surface area contributed by atoms with Crippen LogP contribution in [0.25, 0.3) is 11.3 Å². The minimum Gasteiger partial charge on any atom is -0.357 e. The molecule has 2 heterocycles. The topological polar surface area (TPSA) is 62.2 Å². The summed E-state index contributed by atoms with van der Waals surface area (Å²) in [7, 11) is 0. The molecule has 0 saturated carbocycles. The van der Waals surface area contributed by atoms with Crippen LogP contribution in [0.3, 0.4) is 0 Å². The third kappa shape index (κ3) is 6.86. The maximum atomic E-state index is 4.69. The first-order valence-corrected chi connectivity index (χ1v) is 10.4. The van der Waals surface area contributed by atoms with Crippen molar-refractivity contribution in [2.75, 3.05) is 13.1 Å². The van der Waals surface area contributed by atoms with Crippen molar-refractivity contribution in [3.63, 3.8) is 0 Å². The molecule has 27 heavy (non-hydrogen) atoms. The maximum absolute atomic E-state index is 4.69. The lowest BCUT2D eigenvalue weighted by Gasteiger charge is -2.10. The van der Waals surface area contributed by atoms with E-state index in [4.69, 9.17) is 4.98 Å². The lowest BCUT2D eigenvalue weighted by atomic mass is 10.2. The summed E-state index contributed by atoms with van der Waals surface area (Å²) in [4.78, 5) is 13.8. The molecule has 0 atom stereocenters. The van der Waals surface area contributed by atoms with Gasteiger partial charge in [-0.05, 0) is 13.8 Å². The number of benzene rings is 1. The molecule has 0 unspecified atom stereocenters. The SMILES string of the molecule is CCNC(=NCc1nc(-c2ccccc2)cs1)NCCc1csc(C)n1.I. The zero-order valence-electron chi connectivity index (χ0n) is 15.4. The number of aromatic nitrogens is 2. The molecular formula is C19H24IN5S2. The zero-order valence-corrected chi connectivity index (χ0v) is 19.4. The van der Waals surface area contributed by atoms with Crippen molar-refractivity contribution >= 4 is 52.6 Å². The highest BCUT2D eigenvalue weighted by molar-refractivity contribution is 14.0. The predicted molar refractivity (Wildman–Crippen MR) is 126 cm³/mol. The molecule has 0 saturated heterocycles. The number of halogens is 1. The lowest BCUT2D eigenvalue weighted by molar-refractivity contribution is 0.789. The van der Waals surface area contributed by atoms with E-state index >= 15 is 0 Å². The molecule has 0 spiro atoms. The van der Waals surface area contributed by atoms with Crippen molar-refractivity contribution < 1.29 is 0 Å². The van der Waals surface area contributed by atoms with E-state index < -0.39 is 0 Å². The van der Waals surface area contributed by atoms with Gasteiger partial charge in [0.05, 0.1) is 22.9 Å². The Morgan fingerprint density at radius 3 is 2.59 bits per heavy atom. The van der Waals surface area contributed by atoms with Gasteiger partial charge in [-0.2, -0.15) is 0 Å². The Morgan fingerprint density at radius 2 is 1.89 bits per heavy atom. The molecule has 2 aromatic heterocycles. The van der Waals surface area contributed by atoms with E-state index in [2.05, 4.69) is 50.4 Å². The fraction of sp³-hybridized carbons (Fsp3) is 0.316. The Balaban J connectivity index is 0.00000261. The first-order chi connectivity index (χ1) is 12.7. The third-order valence-corrected chi connectivity index (χ3v) is 5.33. The third-order valence-electron chi connectivity index (χ3n) is 3.68. The molecule has 8 heteroatoms. The smallest absolute Gasteiger partial charge is 0.191 e. The van der Waals surface area contributed by atoms with E-state index in [0.717, 1.165) is 52.4 Å². The summed E-state index contributed by atoms with van der Waals surface area (Å²) in [5.74, 6) is 0.816. The fourth-order valence-corrected chi connectivity index (χ4v) is 3.82. The van der Waals surface area contributed by atoms with Crippen LogP contribution in [0.4, 0.5) is 0 Å². The minimum absolute atomic E-state index is 0. The van der Waals surface area contributed by atoms with Crippen LogP contribution in [0, 0.1) is 6.92 Å². The van der Waals surface area contributed by atoms with Gasteiger partial charge in [0.25, 0.3) is 0 Å². The number of nitrogens with one attached hydrogen (secondary N) is 2. The lowest BCUT2D eigenvalue weighted by Crippen LogP contribution is -2.38. The minimum atomic E-state index is 0. The zero-order chi connectivity index (χ0) is 18.2. The van der Waals surface area contributed by atoms with Gasteiger partial charge in [-0.1, -0.05) is 30.3 Å². The Morgan fingerprint density at radius 1 is 1.07 bits per heavy atom. The molecule has 3 aromatic rings. The van der Waals surface area contributed by atoms with Gasteiger partial charge < -0.3 is 10.6 Å². The van der Waals surface area contributed by atoms with Gasteiger partial charge in [0, 0.05) is 35.8 Å². The highest BCUT2D eigenvalue weighted by Crippen LogP contribution is 2.21. The second-order valence-electron chi connectivity index (χ2n) is 5.72. The van der Waals surface area contributed by atoms with Crippen molar-refractivity contribution in [3.05, 3.63) is 56.8 Å². The van der Waals surface area contributed by atoms with Crippen molar-refractivity contribution in [1.29, 1.82) is 0 Å². The van der Waals surface area contributed by atoms with E-state index in [0.29, 0.717) is 6.54 Å². The van der Waals surface area contributed by atoms with Crippen LogP contribution in [-0.4, -0.2) is 29.0 Å². The molecule has 0 amide bonds. The van der Waals surface area contributed by atoms with Crippen molar-refractivity contribution in [1.82, 2.24) is 20.6 Å². The van der Waals surface area contributed by atoms with E-state index in [-0.39, 0.29) is 24.0 Å². The molecule has 0 bridgehead atoms. The highest BCUT2D eigenvalue weighted by atomic mass is 127. The number of hydrogen-bond donors (Lipinski definition) is 2. The maximum Gasteiger partial charge on any atom is 0.191 e. The van der Waals surface area contributed by atoms with Gasteiger partial charge in [-0.15, -0.1) is 46.7 Å². The fourth-order valence-electron chi connectivity index (χ4n) is 2.45. The molecule has 3 rings (SSSR count). The summed E-state index contributed by atoms with van der Waals surface area (Å²) < 4.78 is 0. The largest absolute Gasteiger partial charge is 0.357 e. The van der Waals surface area contributed by atoms with Gasteiger partial charge in [0.2, 0.25) is 0 Å². The average Bonchev–Trinajstić information content (AvgIpc) is 3.29. The summed E-state index contributed by atoms with van der Waals surface area (Å²) in [6.45, 7) is 6.31. The van der Waals surface area contributed by atoms with Gasteiger partial charge in [-0.3, -0.25) is 0 Å². The molecule has 1 aromatic carbocycles. The molecule has 2 N–H and O–H groups in total. The first-order valence-electron chi connectivity index (χ1n) is 8.67. The number of hydrogen-bond acceptors (Lipinski definition) is 5. The Bertz CT molecular complexity index is 845. The Kier molecular flexibility index (Phi) is 9.16. The van der Waals surface area contributed by atoms with Crippen molar-refractivity contribution in [2.45, 2.75) is 26.8 Å². The van der Waals surface area contributed by atoms with Gasteiger partial charge in [-0.25, -0.2) is 15.0 Å². The summed E-state index contributed by atoms with van der Waals surface area (Å²) >= 11 is 3.34. The molecule has 0 aliphatic rings. The second-order valence-corrected chi connectivity index (χ2v) is 7.73. The van der Waals surface area contributed by atoms with E-state index in [9.17, 15) is 0 Å². The van der Waals surface area contributed by atoms with Crippen LogP contribution in [0.1, 0.15) is 22.6 Å². The summed E-state index contributed by atoms with van der Waals surface area (Å²) in [5.41, 5.74) is 3.28. The van der Waals surface area contributed by atoms with E-state index in [1.807, 2.05) is 25.1 Å². The number of thiazole rings is 2. The summed E-state index contributed by atoms with van der Waals surface area (Å²) in [5, 5.41) is 13.0. The predicted octanol–water partition coefficient (Wildman–Crippen LogP) is 4.49. The van der Waals surface area contributed by atoms with E-state index in [1.165, 1.54) is 0 Å². The second kappa shape index (κ2) is 11.4. The number of rotatable bonds is 7. The van der Waals surface area contributed by atoms with Crippen molar-refractivity contribution in [3.8, 4) is 11.3 Å². The average molecular weight is 513 g/mol. The highest BCUT2D eigenvalue weighted by Gasteiger charge is 2.05.